The lowest BCUT2D eigenvalue weighted by Gasteiger charge is -2.33. The zero-order valence-electron chi connectivity index (χ0n) is 18.3. The van der Waals surface area contributed by atoms with Crippen LogP contribution in [0.4, 0.5) is 4.39 Å². The largest absolute Gasteiger partial charge is 0.489 e. The first-order valence-corrected chi connectivity index (χ1v) is 13.2. The summed E-state index contributed by atoms with van der Waals surface area (Å²) in [4.78, 5) is 14.9. The predicted octanol–water partition coefficient (Wildman–Crippen LogP) is 6.59. The minimum Gasteiger partial charge on any atom is -0.489 e. The molecular formula is C25H27Cl2FN2O2S. The van der Waals surface area contributed by atoms with Crippen molar-refractivity contribution in [2.24, 2.45) is 0 Å². The molecule has 5 rings (SSSR count). The fourth-order valence-corrected chi connectivity index (χ4v) is 5.64. The first kappa shape index (κ1) is 23.3. The first-order valence-electron chi connectivity index (χ1n) is 11.6. The van der Waals surface area contributed by atoms with E-state index in [1.165, 1.54) is 11.9 Å². The van der Waals surface area contributed by atoms with Gasteiger partial charge in [0.1, 0.15) is 17.7 Å². The molecule has 176 valence electrons. The molecule has 3 fully saturated rings. The fraction of sp³-hybridized carbons (Fsp3) is 0.480. The number of nitrogens with zero attached hydrogens (tertiary/aromatic N) is 1. The zero-order chi connectivity index (χ0) is 22.9. The molecule has 1 atom stereocenters. The number of carbonyl (C=O) groups excluding carboxylic acids is 1. The normalized spacial score (nSPS) is 21.1. The Hall–Kier alpha value is -1.47. The van der Waals surface area contributed by atoms with Crippen molar-refractivity contribution in [3.63, 3.8) is 0 Å². The number of hydrogen-bond donors (Lipinski definition) is 1. The Kier molecular flexibility index (Phi) is 7.07. The van der Waals surface area contributed by atoms with Crippen molar-refractivity contribution in [3.05, 3.63) is 62.9 Å². The van der Waals surface area contributed by atoms with Gasteiger partial charge >= 0.3 is 0 Å². The highest BCUT2D eigenvalue weighted by Crippen LogP contribution is 2.43. The third-order valence-corrected chi connectivity index (χ3v) is 7.87. The molecule has 4 nitrogen and oxygen atoms in total. The van der Waals surface area contributed by atoms with E-state index in [4.69, 9.17) is 27.9 Å². The number of piperidine rings is 1. The van der Waals surface area contributed by atoms with Gasteiger partial charge in [-0.15, -0.1) is 0 Å². The molecule has 1 saturated heterocycles. The van der Waals surface area contributed by atoms with E-state index >= 15 is 0 Å². The van der Waals surface area contributed by atoms with Crippen molar-refractivity contribution < 1.29 is 13.9 Å². The summed E-state index contributed by atoms with van der Waals surface area (Å²) in [6.07, 6.45) is 6.39. The summed E-state index contributed by atoms with van der Waals surface area (Å²) < 4.78 is 23.9. The van der Waals surface area contributed by atoms with Crippen LogP contribution in [0.2, 0.25) is 10.0 Å². The standard InChI is InChI=1S/C25H27Cl2FN2O2S/c26-17-9-18(27)11-20(10-17)32-19-2-1-7-30(14-19)13-16-8-24(28)23(12-22(16)15-3-4-15)25(31)29-33-21-5-6-21/h8-12,15,19,21H,1-7,13-14H2,(H,29,31)/t19-/m0/s1. The van der Waals surface area contributed by atoms with Crippen LogP contribution in [0, 0.1) is 5.82 Å². The van der Waals surface area contributed by atoms with Gasteiger partial charge in [0.2, 0.25) is 0 Å². The van der Waals surface area contributed by atoms with Crippen LogP contribution >= 0.6 is 35.1 Å². The first-order chi connectivity index (χ1) is 15.9. The van der Waals surface area contributed by atoms with E-state index in [2.05, 4.69) is 9.62 Å². The van der Waals surface area contributed by atoms with Crippen LogP contribution < -0.4 is 9.46 Å². The van der Waals surface area contributed by atoms with Gasteiger partial charge in [-0.3, -0.25) is 14.4 Å². The number of rotatable bonds is 8. The quantitative estimate of drug-likeness (QED) is 0.408. The molecule has 0 spiro atoms. The van der Waals surface area contributed by atoms with Crippen molar-refractivity contribution in [1.82, 2.24) is 9.62 Å². The summed E-state index contributed by atoms with van der Waals surface area (Å²) >= 11 is 13.6. The smallest absolute Gasteiger partial charge is 0.264 e. The highest BCUT2D eigenvalue weighted by Gasteiger charge is 2.31. The summed E-state index contributed by atoms with van der Waals surface area (Å²) in [5.41, 5.74) is 2.25. The van der Waals surface area contributed by atoms with E-state index in [1.807, 2.05) is 0 Å². The second-order valence-corrected chi connectivity index (χ2v) is 11.3. The van der Waals surface area contributed by atoms with Gasteiger partial charge in [-0.2, -0.15) is 0 Å². The van der Waals surface area contributed by atoms with Crippen molar-refractivity contribution in [2.75, 3.05) is 13.1 Å². The highest BCUT2D eigenvalue weighted by molar-refractivity contribution is 7.98. The molecule has 2 aromatic rings. The van der Waals surface area contributed by atoms with Crippen LogP contribution in [0.3, 0.4) is 0 Å². The number of halogens is 3. The second-order valence-electron chi connectivity index (χ2n) is 9.28. The van der Waals surface area contributed by atoms with Gasteiger partial charge in [0.05, 0.1) is 5.56 Å². The van der Waals surface area contributed by atoms with Crippen molar-refractivity contribution in [2.45, 2.75) is 62.3 Å². The molecule has 1 aliphatic heterocycles. The molecule has 2 aliphatic carbocycles. The Morgan fingerprint density at radius 1 is 1.09 bits per heavy atom. The van der Waals surface area contributed by atoms with Gasteiger partial charge in [-0.25, -0.2) is 4.39 Å². The number of ether oxygens (including phenoxy) is 1. The maximum Gasteiger partial charge on any atom is 0.264 e. The SMILES string of the molecule is O=C(NSC1CC1)c1cc(C2CC2)c(CN2CCC[C@H](Oc3cc(Cl)cc(Cl)c3)C2)cc1F. The molecule has 1 heterocycles. The van der Waals surface area contributed by atoms with Gasteiger partial charge in [-0.05, 0) is 104 Å². The Bertz CT molecular complexity index is 1030. The van der Waals surface area contributed by atoms with Crippen molar-refractivity contribution in [1.29, 1.82) is 0 Å². The summed E-state index contributed by atoms with van der Waals surface area (Å²) in [6, 6.07) is 8.60. The number of benzene rings is 2. The van der Waals surface area contributed by atoms with Crippen molar-refractivity contribution >= 4 is 41.1 Å². The summed E-state index contributed by atoms with van der Waals surface area (Å²) in [6.45, 7) is 2.33. The Morgan fingerprint density at radius 3 is 2.55 bits per heavy atom. The predicted molar refractivity (Wildman–Crippen MR) is 132 cm³/mol. The van der Waals surface area contributed by atoms with Crippen LogP contribution in [0.1, 0.15) is 65.9 Å². The number of likely N-dealkylation sites (tertiary alicyclic amines) is 1. The van der Waals surface area contributed by atoms with E-state index in [9.17, 15) is 9.18 Å². The lowest BCUT2D eigenvalue weighted by Crippen LogP contribution is -2.40. The highest BCUT2D eigenvalue weighted by atomic mass is 35.5. The van der Waals surface area contributed by atoms with Crippen LogP contribution in [0.15, 0.2) is 30.3 Å². The molecule has 3 aliphatic rings. The van der Waals surface area contributed by atoms with Gasteiger partial charge < -0.3 is 4.74 Å². The summed E-state index contributed by atoms with van der Waals surface area (Å²) in [7, 11) is 0. The van der Waals surface area contributed by atoms with Gasteiger partial charge in [0.25, 0.3) is 5.91 Å². The van der Waals surface area contributed by atoms with Gasteiger partial charge in [0.15, 0.2) is 0 Å². The Labute approximate surface area is 208 Å². The Morgan fingerprint density at radius 2 is 1.85 bits per heavy atom. The van der Waals surface area contributed by atoms with Gasteiger partial charge in [0, 0.05) is 28.4 Å². The molecule has 0 bridgehead atoms. The van der Waals surface area contributed by atoms with E-state index in [-0.39, 0.29) is 17.6 Å². The zero-order valence-corrected chi connectivity index (χ0v) is 20.6. The topological polar surface area (TPSA) is 41.6 Å². The molecule has 2 aromatic carbocycles. The van der Waals surface area contributed by atoms with E-state index in [0.717, 1.165) is 62.7 Å². The number of carbonyl (C=O) groups is 1. The molecule has 0 radical (unpaired) electrons. The molecule has 1 N–H and O–H groups in total. The third kappa shape index (κ3) is 6.16. The maximum absolute atomic E-state index is 15.0. The molecule has 0 unspecified atom stereocenters. The van der Waals surface area contributed by atoms with Crippen LogP contribution in [0.25, 0.3) is 0 Å². The van der Waals surface area contributed by atoms with Crippen molar-refractivity contribution in [3.8, 4) is 5.75 Å². The lowest BCUT2D eigenvalue weighted by molar-refractivity contribution is 0.0841. The molecule has 33 heavy (non-hydrogen) atoms. The molecule has 1 amide bonds. The molecule has 8 heteroatoms. The maximum atomic E-state index is 15.0. The third-order valence-electron chi connectivity index (χ3n) is 6.33. The summed E-state index contributed by atoms with van der Waals surface area (Å²) in [5.74, 6) is 0.323. The lowest BCUT2D eigenvalue weighted by atomic mass is 9.97. The fourth-order valence-electron chi connectivity index (χ4n) is 4.38. The van der Waals surface area contributed by atoms with Crippen LogP contribution in [0.5, 0.6) is 5.75 Å². The average Bonchev–Trinajstić information content (AvgIpc) is 3.66. The molecule has 2 saturated carbocycles. The average molecular weight is 509 g/mol. The number of amides is 1. The summed E-state index contributed by atoms with van der Waals surface area (Å²) in [5, 5.41) is 1.58. The number of hydrogen-bond acceptors (Lipinski definition) is 4. The minimum atomic E-state index is -0.443. The van der Waals surface area contributed by atoms with E-state index < -0.39 is 5.82 Å². The monoisotopic (exact) mass is 508 g/mol. The minimum absolute atomic E-state index is 0.0204. The number of nitrogens with one attached hydrogen (secondary N) is 1. The molecule has 0 aromatic heterocycles. The Balaban J connectivity index is 1.27. The van der Waals surface area contributed by atoms with E-state index in [0.29, 0.717) is 33.5 Å². The van der Waals surface area contributed by atoms with Gasteiger partial charge in [-0.1, -0.05) is 23.2 Å². The van der Waals surface area contributed by atoms with E-state index in [1.54, 1.807) is 30.3 Å². The molecular weight excluding hydrogens is 482 g/mol. The second kappa shape index (κ2) is 10.0. The van der Waals surface area contributed by atoms with Crippen LogP contribution in [-0.2, 0) is 6.54 Å². The van der Waals surface area contributed by atoms with Crippen LogP contribution in [-0.4, -0.2) is 35.3 Å².